The van der Waals surface area contributed by atoms with Crippen LogP contribution in [0.15, 0.2) is 18.3 Å². The SMILES string of the molecule is Cc1ncccc1C(=O)O.[2HH].[H-].[Li+]. The molecule has 0 aliphatic rings. The Balaban J connectivity index is -0.000000333. The van der Waals surface area contributed by atoms with Gasteiger partial charge in [0.25, 0.3) is 0 Å². The number of rotatable bonds is 1. The molecule has 0 saturated carbocycles. The summed E-state index contributed by atoms with van der Waals surface area (Å²) < 4.78 is 0. The molecule has 1 aromatic rings. The average Bonchev–Trinajstić information content (AvgIpc) is 1.88. The van der Waals surface area contributed by atoms with Gasteiger partial charge in [-0.25, -0.2) is 4.79 Å². The molecule has 0 unspecified atom stereocenters. The quantitative estimate of drug-likeness (QED) is 0.490. The number of hydrogen-bond acceptors (Lipinski definition) is 2. The van der Waals surface area contributed by atoms with Crippen molar-refractivity contribution in [2.45, 2.75) is 6.92 Å². The normalized spacial score (nSPS) is 8.45. The van der Waals surface area contributed by atoms with Gasteiger partial charge in [-0.2, -0.15) is 0 Å². The van der Waals surface area contributed by atoms with Crippen LogP contribution in [0.2, 0.25) is 0 Å². The molecule has 56 valence electrons. The van der Waals surface area contributed by atoms with Gasteiger partial charge in [-0.1, -0.05) is 0 Å². The molecule has 0 fully saturated rings. The Kier molecular flexibility index (Phi) is 3.87. The number of aromatic nitrogens is 1. The number of nitrogens with zero attached hydrogens (tertiary/aromatic N) is 1. The van der Waals surface area contributed by atoms with Crippen molar-refractivity contribution < 1.29 is 31.6 Å². The third kappa shape index (κ3) is 2.38. The molecule has 0 bridgehead atoms. The fourth-order valence-corrected chi connectivity index (χ4v) is 0.710. The second-order valence-corrected chi connectivity index (χ2v) is 1.94. The van der Waals surface area contributed by atoms with Crippen LogP contribution >= 0.6 is 0 Å². The van der Waals surface area contributed by atoms with Crippen LogP contribution in [0, 0.1) is 6.92 Å². The van der Waals surface area contributed by atoms with E-state index >= 15 is 0 Å². The summed E-state index contributed by atoms with van der Waals surface area (Å²) in [5, 5.41) is 8.53. The molecule has 0 spiro atoms. The largest absolute Gasteiger partial charge is 1.00 e. The summed E-state index contributed by atoms with van der Waals surface area (Å²) >= 11 is 0. The minimum absolute atomic E-state index is 0. The summed E-state index contributed by atoms with van der Waals surface area (Å²) in [4.78, 5) is 14.2. The number of pyridine rings is 1. The maximum atomic E-state index is 10.4. The second-order valence-electron chi connectivity index (χ2n) is 1.94. The minimum atomic E-state index is -0.925. The Morgan fingerprint density at radius 2 is 2.45 bits per heavy atom. The predicted molar refractivity (Wildman–Crippen MR) is 39.2 cm³/mol. The van der Waals surface area contributed by atoms with Crippen molar-refractivity contribution >= 4 is 5.97 Å². The molecule has 0 aromatic carbocycles. The number of aryl methyl sites for hydroxylation is 1. The van der Waals surface area contributed by atoms with Crippen LogP contribution < -0.4 is 18.9 Å². The first kappa shape index (κ1) is 10.2. The van der Waals surface area contributed by atoms with Crippen molar-refractivity contribution in [1.82, 2.24) is 4.98 Å². The van der Waals surface area contributed by atoms with E-state index in [1.165, 1.54) is 6.07 Å². The molecule has 1 N–H and O–H groups in total. The van der Waals surface area contributed by atoms with Gasteiger partial charge >= 0.3 is 24.8 Å². The van der Waals surface area contributed by atoms with Crippen molar-refractivity contribution in [3.63, 3.8) is 0 Å². The molecule has 4 heteroatoms. The van der Waals surface area contributed by atoms with Crippen molar-refractivity contribution in [2.24, 2.45) is 0 Å². The van der Waals surface area contributed by atoms with E-state index in [-0.39, 0.29) is 27.3 Å². The summed E-state index contributed by atoms with van der Waals surface area (Å²) in [7, 11) is 0. The summed E-state index contributed by atoms with van der Waals surface area (Å²) in [5.74, 6) is -0.925. The summed E-state index contributed by atoms with van der Waals surface area (Å²) in [6.07, 6.45) is 1.57. The fraction of sp³-hybridized carbons (Fsp3) is 0.143. The van der Waals surface area contributed by atoms with Crippen LogP contribution in [0.25, 0.3) is 0 Å². The Morgan fingerprint density at radius 3 is 2.82 bits per heavy atom. The van der Waals surface area contributed by atoms with Crippen LogP contribution in [-0.2, 0) is 0 Å². The standard InChI is InChI=1S/C7H7NO2.Li.H2.H/c1-5-6(7(9)10)3-2-4-8-5;;;/h2-4H,1H3,(H,9,10);;1H;/q;+1;;-1/i;;1+1;. The molecular formula is C7H10LiNO2. The Labute approximate surface area is 79.6 Å². The van der Waals surface area contributed by atoms with Crippen LogP contribution in [-0.4, -0.2) is 16.1 Å². The van der Waals surface area contributed by atoms with Crippen LogP contribution in [0.5, 0.6) is 0 Å². The number of hydrogen-bond donors (Lipinski definition) is 1. The number of aromatic carboxylic acids is 1. The smallest absolute Gasteiger partial charge is 1.00 e. The van der Waals surface area contributed by atoms with E-state index in [1.54, 1.807) is 19.2 Å². The van der Waals surface area contributed by atoms with Gasteiger partial charge in [0.05, 0.1) is 11.3 Å². The van der Waals surface area contributed by atoms with Gasteiger partial charge in [-0.3, -0.25) is 4.98 Å². The molecule has 0 amide bonds. The molecule has 0 aliphatic carbocycles. The number of carboxylic acids is 1. The van der Waals surface area contributed by atoms with Gasteiger partial charge in [0.1, 0.15) is 0 Å². The monoisotopic (exact) mass is 148 g/mol. The topological polar surface area (TPSA) is 50.2 Å². The zero-order valence-electron chi connectivity index (χ0n) is 7.53. The summed E-state index contributed by atoms with van der Waals surface area (Å²) in [5.41, 5.74) is 0.817. The van der Waals surface area contributed by atoms with E-state index < -0.39 is 5.97 Å². The maximum Gasteiger partial charge on any atom is 1.00 e. The predicted octanol–water partition coefficient (Wildman–Crippen LogP) is -1.55. The second kappa shape index (κ2) is 4.17. The van der Waals surface area contributed by atoms with Crippen molar-refractivity contribution in [3.05, 3.63) is 29.6 Å². The first-order valence-electron chi connectivity index (χ1n) is 2.86. The molecule has 1 heterocycles. The maximum absolute atomic E-state index is 10.4. The van der Waals surface area contributed by atoms with Gasteiger partial charge in [0.15, 0.2) is 0 Å². The van der Waals surface area contributed by atoms with Crippen LogP contribution in [0.3, 0.4) is 0 Å². The van der Waals surface area contributed by atoms with Crippen molar-refractivity contribution in [3.8, 4) is 0 Å². The molecular weight excluding hydrogens is 137 g/mol. The third-order valence-corrected chi connectivity index (χ3v) is 1.24. The average molecular weight is 148 g/mol. The number of carbonyl (C=O) groups is 1. The fourth-order valence-electron chi connectivity index (χ4n) is 0.710. The van der Waals surface area contributed by atoms with Gasteiger partial charge in [0, 0.05) is 7.62 Å². The van der Waals surface area contributed by atoms with Crippen LogP contribution in [0.1, 0.15) is 18.9 Å². The van der Waals surface area contributed by atoms with Crippen molar-refractivity contribution in [2.75, 3.05) is 0 Å². The number of carboxylic acid groups (broad SMARTS) is 1. The van der Waals surface area contributed by atoms with Crippen molar-refractivity contribution in [1.29, 1.82) is 0 Å². The molecule has 11 heavy (non-hydrogen) atoms. The van der Waals surface area contributed by atoms with Gasteiger partial charge in [0.2, 0.25) is 0 Å². The molecule has 3 nitrogen and oxygen atoms in total. The van der Waals surface area contributed by atoms with E-state index in [4.69, 9.17) is 5.11 Å². The minimum Gasteiger partial charge on any atom is -1.00 e. The first-order valence-corrected chi connectivity index (χ1v) is 2.86. The third-order valence-electron chi connectivity index (χ3n) is 1.24. The van der Waals surface area contributed by atoms with Gasteiger partial charge < -0.3 is 6.53 Å². The molecule has 0 aliphatic heterocycles. The van der Waals surface area contributed by atoms with E-state index in [0.29, 0.717) is 5.69 Å². The van der Waals surface area contributed by atoms with E-state index in [0.717, 1.165) is 0 Å². The summed E-state index contributed by atoms with van der Waals surface area (Å²) in [6.45, 7) is 1.67. The van der Waals surface area contributed by atoms with E-state index in [2.05, 4.69) is 4.98 Å². The molecule has 0 saturated heterocycles. The zero-order chi connectivity index (χ0) is 7.56. The first-order chi connectivity index (χ1) is 4.72. The Bertz CT molecular complexity index is 270. The van der Waals surface area contributed by atoms with Crippen LogP contribution in [0.4, 0.5) is 0 Å². The summed E-state index contributed by atoms with van der Waals surface area (Å²) in [6, 6.07) is 3.14. The van der Waals surface area contributed by atoms with Gasteiger partial charge in [-0.15, -0.1) is 0 Å². The van der Waals surface area contributed by atoms with E-state index in [9.17, 15) is 4.79 Å². The Morgan fingerprint density at radius 1 is 1.82 bits per heavy atom. The van der Waals surface area contributed by atoms with E-state index in [1.807, 2.05) is 0 Å². The molecule has 1 rings (SSSR count). The zero-order valence-corrected chi connectivity index (χ0v) is 6.53. The van der Waals surface area contributed by atoms with Gasteiger partial charge in [-0.05, 0) is 19.1 Å². The molecule has 0 atom stereocenters. The molecule has 0 radical (unpaired) electrons. The Hall–Kier alpha value is -0.783. The molecule has 1 aromatic heterocycles.